The Balaban J connectivity index is 0.000000183. The molecule has 1 aliphatic heterocycles. The molecule has 1 unspecified atom stereocenters. The van der Waals surface area contributed by atoms with Gasteiger partial charge in [-0.15, -0.1) is 0 Å². The van der Waals surface area contributed by atoms with Crippen LogP contribution in [0.5, 0.6) is 40.2 Å². The third kappa shape index (κ3) is 18.3. The van der Waals surface area contributed by atoms with Gasteiger partial charge in [0.15, 0.2) is 6.29 Å². The highest BCUT2D eigenvalue weighted by atomic mass is 16.7. The quantitative estimate of drug-likeness (QED) is 0.0314. The first-order valence-electron chi connectivity index (χ1n) is 32.5. The van der Waals surface area contributed by atoms with Gasteiger partial charge in [-0.2, -0.15) is 0 Å². The van der Waals surface area contributed by atoms with Crippen molar-refractivity contribution in [3.05, 3.63) is 209 Å². The van der Waals surface area contributed by atoms with Crippen molar-refractivity contribution >= 4 is 12.1 Å². The lowest BCUT2D eigenvalue weighted by atomic mass is 9.65. The van der Waals surface area contributed by atoms with E-state index in [9.17, 15) is 9.59 Å². The number of methoxy groups -OCH3 is 4. The monoisotopic (exact) mass is 1220 g/mol. The van der Waals surface area contributed by atoms with E-state index in [0.29, 0.717) is 23.9 Å². The van der Waals surface area contributed by atoms with Crippen molar-refractivity contribution in [3.8, 4) is 40.2 Å². The summed E-state index contributed by atoms with van der Waals surface area (Å²) in [7, 11) is 6.83. The number of esters is 1. The van der Waals surface area contributed by atoms with E-state index in [0.717, 1.165) is 87.4 Å². The number of rotatable bonds is 20. The van der Waals surface area contributed by atoms with E-state index in [2.05, 4.69) is 126 Å². The smallest absolute Gasteiger partial charge is 0.497 e. The number of hydrogen-bond acceptors (Lipinski definition) is 11. The third-order valence-electron chi connectivity index (χ3n) is 18.5. The van der Waals surface area contributed by atoms with Crippen LogP contribution in [-0.4, -0.2) is 60.1 Å². The molecule has 0 spiro atoms. The molecule has 3 fully saturated rings. The summed E-state index contributed by atoms with van der Waals surface area (Å²) < 4.78 is 49.1. The van der Waals surface area contributed by atoms with Gasteiger partial charge in [0.25, 0.3) is 0 Å². The van der Waals surface area contributed by atoms with Crippen molar-refractivity contribution in [2.45, 2.75) is 179 Å². The highest BCUT2D eigenvalue weighted by molar-refractivity contribution is 5.69. The van der Waals surface area contributed by atoms with Crippen LogP contribution in [0, 0.1) is 5.41 Å². The molecule has 0 aromatic heterocycles. The summed E-state index contributed by atoms with van der Waals surface area (Å²) in [6.07, 6.45) is 17.5. The van der Waals surface area contributed by atoms with Crippen LogP contribution in [0.1, 0.15) is 190 Å². The predicted molar refractivity (Wildman–Crippen MR) is 359 cm³/mol. The zero-order valence-corrected chi connectivity index (χ0v) is 55.5. The van der Waals surface area contributed by atoms with E-state index in [-0.39, 0.29) is 39.3 Å². The van der Waals surface area contributed by atoms with Gasteiger partial charge >= 0.3 is 12.1 Å². The highest BCUT2D eigenvalue weighted by Crippen LogP contribution is 2.48. The summed E-state index contributed by atoms with van der Waals surface area (Å²) in [5.74, 6) is 4.70. The number of benzene rings is 7. The van der Waals surface area contributed by atoms with Gasteiger partial charge in [0, 0.05) is 36.4 Å². The first-order valence-corrected chi connectivity index (χ1v) is 32.5. The molecule has 7 aromatic rings. The maximum atomic E-state index is 12.6. The second-order valence-electron chi connectivity index (χ2n) is 26.5. The Kier molecular flexibility index (Phi) is 24.2. The average Bonchev–Trinajstić information content (AvgIpc) is 1.15. The second-order valence-corrected chi connectivity index (χ2v) is 26.5. The van der Waals surface area contributed by atoms with E-state index < -0.39 is 6.16 Å². The van der Waals surface area contributed by atoms with E-state index in [1.165, 1.54) is 90.8 Å². The minimum absolute atomic E-state index is 0.0130. The molecule has 11 nitrogen and oxygen atoms in total. The molecule has 3 aliphatic rings. The Morgan fingerprint density at radius 2 is 0.778 bits per heavy atom. The van der Waals surface area contributed by atoms with Gasteiger partial charge in [-0.05, 0) is 199 Å². The lowest BCUT2D eigenvalue weighted by molar-refractivity contribution is -0.163. The Morgan fingerprint density at radius 1 is 0.433 bits per heavy atom. The second kappa shape index (κ2) is 31.9. The van der Waals surface area contributed by atoms with E-state index in [4.69, 9.17) is 42.6 Å². The summed E-state index contributed by atoms with van der Waals surface area (Å²) >= 11 is 0. The van der Waals surface area contributed by atoms with E-state index in [1.807, 2.05) is 84.9 Å². The van der Waals surface area contributed by atoms with Crippen LogP contribution in [0.3, 0.4) is 0 Å². The molecule has 10 rings (SSSR count). The van der Waals surface area contributed by atoms with Crippen LogP contribution in [0.15, 0.2) is 170 Å². The van der Waals surface area contributed by atoms with Gasteiger partial charge in [0.05, 0.1) is 28.4 Å². The molecule has 90 heavy (non-hydrogen) atoms. The van der Waals surface area contributed by atoms with Gasteiger partial charge in [-0.3, -0.25) is 4.79 Å². The van der Waals surface area contributed by atoms with Crippen LogP contribution in [-0.2, 0) is 35.9 Å². The topological polar surface area (TPSA) is 117 Å². The maximum Gasteiger partial charge on any atom is 0.519 e. The average molecular weight is 1220 g/mol. The third-order valence-corrected chi connectivity index (χ3v) is 18.5. The Bertz CT molecular complexity index is 3170. The van der Waals surface area contributed by atoms with Crippen molar-refractivity contribution < 1.29 is 52.2 Å². The van der Waals surface area contributed by atoms with Gasteiger partial charge in [-0.25, -0.2) is 4.79 Å². The molecule has 1 atom stereocenters. The summed E-state index contributed by atoms with van der Waals surface area (Å²) in [4.78, 5) is 23.9. The standard InChI is InChI=1S/C35H42O5.C24H32O4.C20H24O2/c1-25(36)38-29-18-12-27(13-19-29)35(22-8-7-9-23-35)28-14-20-31(21-15-28)40-32(37)39-30-16-10-26(11-17-30)34(5,6)24-33(2,3)4;1-24(19-8-12-21(25-2)13-9-19,20-10-14-22(26-3)15-11-20)16-6-18-28-23-7-4-5-17-27-23;1-21-18-10-6-16(7-11-18)20(14-4-3-5-15-20)17-8-12-19(22-2)13-9-17/h10-21H,7-9,22-24H2,1-6H3;8-15,23H,4-7,16-18H2,1-3H3;6-13H,3-5,14-15H2,1-2H3. The van der Waals surface area contributed by atoms with Crippen molar-refractivity contribution in [2.75, 3.05) is 41.7 Å². The number of carbonyl (C=O) groups excluding carboxylic acids is 2. The Hall–Kier alpha value is -7.60. The fourth-order valence-corrected chi connectivity index (χ4v) is 13.9. The van der Waals surface area contributed by atoms with Crippen molar-refractivity contribution in [2.24, 2.45) is 5.41 Å². The van der Waals surface area contributed by atoms with Crippen molar-refractivity contribution in [3.63, 3.8) is 0 Å². The number of ether oxygens (including phenoxy) is 9. The zero-order chi connectivity index (χ0) is 64.2. The summed E-state index contributed by atoms with van der Waals surface area (Å²) in [5, 5.41) is 0. The Labute approximate surface area is 537 Å². The molecule has 7 aromatic carbocycles. The molecule has 2 aliphatic carbocycles. The predicted octanol–water partition coefficient (Wildman–Crippen LogP) is 19.4. The van der Waals surface area contributed by atoms with Crippen molar-refractivity contribution in [1.29, 1.82) is 0 Å². The molecule has 0 amide bonds. The molecule has 480 valence electrons. The first-order chi connectivity index (χ1) is 43.3. The van der Waals surface area contributed by atoms with E-state index in [1.54, 1.807) is 28.4 Å². The molecule has 11 heteroatoms. The van der Waals surface area contributed by atoms with Gasteiger partial charge in [-0.1, -0.05) is 165 Å². The molecule has 0 N–H and O–H groups in total. The van der Waals surface area contributed by atoms with Crippen LogP contribution in [0.25, 0.3) is 0 Å². The van der Waals surface area contributed by atoms with Crippen LogP contribution in [0.4, 0.5) is 4.79 Å². The normalized spacial score (nSPS) is 16.3. The molecular formula is C79H98O11. The SMILES string of the molecule is CC(=O)Oc1ccc(C2(c3ccc(OC(=O)Oc4ccc(C(C)(C)CC(C)(C)C)cc4)cc3)CCCCC2)cc1.COc1ccc(C(C)(CCCOC2CCCCO2)c2ccc(OC)cc2)cc1.COc1ccc(C2(c3ccc(OC)cc3)CCCCC2)cc1. The first kappa shape index (κ1) is 68.3. The molecule has 2 saturated carbocycles. The van der Waals surface area contributed by atoms with Gasteiger partial charge < -0.3 is 42.6 Å². The number of hydrogen-bond donors (Lipinski definition) is 0. The zero-order valence-electron chi connectivity index (χ0n) is 55.5. The molecule has 1 saturated heterocycles. The van der Waals surface area contributed by atoms with E-state index >= 15 is 0 Å². The fraction of sp³-hybridized carbons (Fsp3) is 0.443. The highest BCUT2D eigenvalue weighted by Gasteiger charge is 2.38. The van der Waals surface area contributed by atoms with Crippen LogP contribution in [0.2, 0.25) is 0 Å². The largest absolute Gasteiger partial charge is 0.519 e. The summed E-state index contributed by atoms with van der Waals surface area (Å²) in [6.45, 7) is 16.4. The minimum atomic E-state index is -0.761. The fourth-order valence-electron chi connectivity index (χ4n) is 13.9. The maximum absolute atomic E-state index is 12.6. The van der Waals surface area contributed by atoms with Gasteiger partial charge in [0.2, 0.25) is 0 Å². The molecule has 1 heterocycles. The summed E-state index contributed by atoms with van der Waals surface area (Å²) in [6, 6.07) is 57.3. The van der Waals surface area contributed by atoms with Crippen LogP contribution >= 0.6 is 0 Å². The lowest BCUT2D eigenvalue weighted by Crippen LogP contribution is -2.30. The van der Waals surface area contributed by atoms with Crippen molar-refractivity contribution in [1.82, 2.24) is 0 Å². The lowest BCUT2D eigenvalue weighted by Gasteiger charge is -2.38. The molecular weight excluding hydrogens is 1120 g/mol. The molecule has 0 radical (unpaired) electrons. The molecule has 0 bridgehead atoms. The number of carbonyl (C=O) groups is 2. The minimum Gasteiger partial charge on any atom is -0.497 e. The Morgan fingerprint density at radius 3 is 1.12 bits per heavy atom. The van der Waals surface area contributed by atoms with Crippen LogP contribution < -0.4 is 33.2 Å². The van der Waals surface area contributed by atoms with Gasteiger partial charge in [0.1, 0.15) is 40.2 Å². The summed E-state index contributed by atoms with van der Waals surface area (Å²) in [5.41, 5.74) is 9.05.